The average Bonchev–Trinajstić information content (AvgIpc) is 3.13. The van der Waals surface area contributed by atoms with Crippen LogP contribution in [0, 0.1) is 17.8 Å². The monoisotopic (exact) mass is 298 g/mol. The Balaban J connectivity index is 1.41. The van der Waals surface area contributed by atoms with Crippen LogP contribution in [0.1, 0.15) is 32.6 Å². The number of thioether (sulfide) groups is 2. The second-order valence-electron chi connectivity index (χ2n) is 5.98. The van der Waals surface area contributed by atoms with Gasteiger partial charge in [0, 0.05) is 11.8 Å². The SMILES string of the molecule is C[C@@H](NC(=O)CSC1=NCCS1)[C@@H]1C[C@H]2CC[C@H]1C2. The van der Waals surface area contributed by atoms with Crippen LogP contribution in [0.2, 0.25) is 0 Å². The van der Waals surface area contributed by atoms with Crippen LogP contribution in [0.15, 0.2) is 4.99 Å². The zero-order valence-electron chi connectivity index (χ0n) is 11.4. The molecule has 0 aromatic rings. The Morgan fingerprint density at radius 1 is 1.53 bits per heavy atom. The summed E-state index contributed by atoms with van der Waals surface area (Å²) < 4.78 is 1.09. The number of carbonyl (C=O) groups is 1. The van der Waals surface area contributed by atoms with Gasteiger partial charge in [-0.2, -0.15) is 0 Å². The summed E-state index contributed by atoms with van der Waals surface area (Å²) in [5.74, 6) is 4.33. The first-order chi connectivity index (χ1) is 9.22. The molecule has 1 amide bonds. The lowest BCUT2D eigenvalue weighted by molar-refractivity contribution is -0.119. The molecule has 1 N–H and O–H groups in total. The fourth-order valence-corrected chi connectivity index (χ4v) is 5.66. The van der Waals surface area contributed by atoms with Crippen molar-refractivity contribution in [1.82, 2.24) is 5.32 Å². The molecule has 4 atom stereocenters. The van der Waals surface area contributed by atoms with Crippen molar-refractivity contribution in [2.45, 2.75) is 38.6 Å². The molecular formula is C14H22N2OS2. The van der Waals surface area contributed by atoms with E-state index in [-0.39, 0.29) is 5.91 Å². The lowest BCUT2D eigenvalue weighted by Crippen LogP contribution is -2.41. The summed E-state index contributed by atoms with van der Waals surface area (Å²) in [4.78, 5) is 16.3. The maximum absolute atomic E-state index is 12.0. The van der Waals surface area contributed by atoms with Gasteiger partial charge < -0.3 is 5.32 Å². The van der Waals surface area contributed by atoms with E-state index in [1.165, 1.54) is 25.7 Å². The second-order valence-corrected chi connectivity index (χ2v) is 8.29. The molecule has 0 unspecified atom stereocenters. The number of aliphatic imine (C=N–C) groups is 1. The largest absolute Gasteiger partial charge is 0.353 e. The third kappa shape index (κ3) is 3.30. The molecule has 2 bridgehead atoms. The van der Waals surface area contributed by atoms with Crippen molar-refractivity contribution in [3.63, 3.8) is 0 Å². The van der Waals surface area contributed by atoms with Crippen LogP contribution in [-0.2, 0) is 4.79 Å². The molecule has 0 spiro atoms. The minimum Gasteiger partial charge on any atom is -0.353 e. The maximum atomic E-state index is 12.0. The molecule has 1 heterocycles. The van der Waals surface area contributed by atoms with Crippen LogP contribution >= 0.6 is 23.5 Å². The Hall–Kier alpha value is -0.160. The normalized spacial score (nSPS) is 34.4. The third-order valence-electron chi connectivity index (χ3n) is 4.71. The molecule has 1 aliphatic heterocycles. The van der Waals surface area contributed by atoms with Crippen LogP contribution in [0.4, 0.5) is 0 Å². The van der Waals surface area contributed by atoms with Gasteiger partial charge in [0.05, 0.1) is 12.3 Å². The first-order valence-corrected chi connectivity index (χ1v) is 9.29. The number of hydrogen-bond acceptors (Lipinski definition) is 4. The van der Waals surface area contributed by atoms with E-state index in [0.717, 1.165) is 34.4 Å². The Bertz CT molecular complexity index is 386. The molecule has 0 aromatic carbocycles. The summed E-state index contributed by atoms with van der Waals surface area (Å²) in [7, 11) is 0. The van der Waals surface area contributed by atoms with Crippen molar-refractivity contribution >= 4 is 33.8 Å². The standard InChI is InChI=1S/C14H22N2OS2/c1-9(12-7-10-2-3-11(12)6-10)16-13(17)8-19-14-15-4-5-18-14/h9-12H,2-8H2,1H3,(H,16,17)/t9-,10+,11+,12+/m1/s1. The number of nitrogens with zero attached hydrogens (tertiary/aromatic N) is 1. The van der Waals surface area contributed by atoms with Crippen LogP contribution in [0.3, 0.4) is 0 Å². The Kier molecular flexibility index (Phi) is 4.42. The van der Waals surface area contributed by atoms with Crippen molar-refractivity contribution in [3.8, 4) is 0 Å². The summed E-state index contributed by atoms with van der Waals surface area (Å²) in [6.45, 7) is 3.10. The molecule has 3 nitrogen and oxygen atoms in total. The second kappa shape index (κ2) is 6.08. The fourth-order valence-electron chi connectivity index (χ4n) is 3.84. The zero-order valence-corrected chi connectivity index (χ0v) is 13.1. The van der Waals surface area contributed by atoms with Crippen molar-refractivity contribution in [2.24, 2.45) is 22.7 Å². The van der Waals surface area contributed by atoms with Crippen molar-refractivity contribution in [3.05, 3.63) is 0 Å². The molecule has 5 heteroatoms. The Labute approximate surface area is 123 Å². The van der Waals surface area contributed by atoms with Gasteiger partial charge in [-0.3, -0.25) is 9.79 Å². The van der Waals surface area contributed by atoms with E-state index in [0.29, 0.717) is 11.8 Å². The summed E-state index contributed by atoms with van der Waals surface area (Å²) in [5.41, 5.74) is 0. The highest BCUT2D eigenvalue weighted by Gasteiger charge is 2.42. The number of nitrogens with one attached hydrogen (secondary N) is 1. The first-order valence-electron chi connectivity index (χ1n) is 7.32. The quantitative estimate of drug-likeness (QED) is 0.867. The molecule has 19 heavy (non-hydrogen) atoms. The van der Waals surface area contributed by atoms with E-state index in [1.807, 2.05) is 0 Å². The van der Waals surface area contributed by atoms with Crippen LogP contribution in [0.25, 0.3) is 0 Å². The summed E-state index contributed by atoms with van der Waals surface area (Å²) in [6.07, 6.45) is 5.56. The number of carbonyl (C=O) groups excluding carboxylic acids is 1. The van der Waals surface area contributed by atoms with E-state index >= 15 is 0 Å². The van der Waals surface area contributed by atoms with Gasteiger partial charge >= 0.3 is 0 Å². The minimum absolute atomic E-state index is 0.176. The number of fused-ring (bicyclic) bond motifs is 2. The average molecular weight is 298 g/mol. The molecule has 3 rings (SSSR count). The van der Waals surface area contributed by atoms with Crippen molar-refractivity contribution in [2.75, 3.05) is 18.1 Å². The smallest absolute Gasteiger partial charge is 0.230 e. The minimum atomic E-state index is 0.176. The lowest BCUT2D eigenvalue weighted by atomic mass is 9.84. The summed E-state index contributed by atoms with van der Waals surface area (Å²) in [6, 6.07) is 0.349. The van der Waals surface area contributed by atoms with Gasteiger partial charge in [-0.05, 0) is 43.9 Å². The Morgan fingerprint density at radius 2 is 2.42 bits per heavy atom. The fraction of sp³-hybridized carbons (Fsp3) is 0.857. The van der Waals surface area contributed by atoms with Crippen LogP contribution in [-0.4, -0.2) is 34.4 Å². The van der Waals surface area contributed by atoms with E-state index in [2.05, 4.69) is 17.2 Å². The predicted molar refractivity (Wildman–Crippen MR) is 83.8 cm³/mol. The van der Waals surface area contributed by atoms with Crippen LogP contribution < -0.4 is 5.32 Å². The molecular weight excluding hydrogens is 276 g/mol. The maximum Gasteiger partial charge on any atom is 0.230 e. The van der Waals surface area contributed by atoms with Gasteiger partial charge in [0.15, 0.2) is 0 Å². The molecule has 3 aliphatic rings. The third-order valence-corrected chi connectivity index (χ3v) is 6.96. The van der Waals surface area contributed by atoms with Crippen molar-refractivity contribution in [1.29, 1.82) is 0 Å². The number of rotatable bonds is 4. The lowest BCUT2D eigenvalue weighted by Gasteiger charge is -2.28. The predicted octanol–water partition coefficient (Wildman–Crippen LogP) is 2.76. The number of amides is 1. The molecule has 2 aliphatic carbocycles. The molecule has 106 valence electrons. The Morgan fingerprint density at radius 3 is 3.05 bits per heavy atom. The van der Waals surface area contributed by atoms with Crippen molar-refractivity contribution < 1.29 is 4.79 Å². The van der Waals surface area contributed by atoms with E-state index in [9.17, 15) is 4.79 Å². The van der Waals surface area contributed by atoms with Gasteiger partial charge in [-0.15, -0.1) is 0 Å². The van der Waals surface area contributed by atoms with Gasteiger partial charge in [0.1, 0.15) is 4.38 Å². The molecule has 2 saturated carbocycles. The van der Waals surface area contributed by atoms with E-state index in [4.69, 9.17) is 0 Å². The zero-order chi connectivity index (χ0) is 13.2. The topological polar surface area (TPSA) is 41.5 Å². The van der Waals surface area contributed by atoms with E-state index < -0.39 is 0 Å². The molecule has 0 radical (unpaired) electrons. The van der Waals surface area contributed by atoms with Gasteiger partial charge in [0.2, 0.25) is 5.91 Å². The first kappa shape index (κ1) is 13.8. The van der Waals surface area contributed by atoms with E-state index in [1.54, 1.807) is 23.5 Å². The van der Waals surface area contributed by atoms with Gasteiger partial charge in [0.25, 0.3) is 0 Å². The van der Waals surface area contributed by atoms with Crippen LogP contribution in [0.5, 0.6) is 0 Å². The highest BCUT2D eigenvalue weighted by atomic mass is 32.2. The molecule has 0 aromatic heterocycles. The highest BCUT2D eigenvalue weighted by Crippen LogP contribution is 2.49. The molecule has 0 saturated heterocycles. The summed E-state index contributed by atoms with van der Waals surface area (Å²) >= 11 is 3.36. The van der Waals surface area contributed by atoms with Gasteiger partial charge in [-0.1, -0.05) is 29.9 Å². The summed E-state index contributed by atoms with van der Waals surface area (Å²) in [5, 5.41) is 3.21. The number of hydrogen-bond donors (Lipinski definition) is 1. The molecule has 2 fully saturated rings. The van der Waals surface area contributed by atoms with Gasteiger partial charge in [-0.25, -0.2) is 0 Å². The highest BCUT2D eigenvalue weighted by molar-refractivity contribution is 8.39.